The zero-order chi connectivity index (χ0) is 39.3. The molecule has 8 N–H and O–H groups in total. The van der Waals surface area contributed by atoms with Gasteiger partial charge < -0.3 is 62.7 Å². The van der Waals surface area contributed by atoms with Crippen molar-refractivity contribution >= 4 is 46.2 Å². The Kier molecular flexibility index (Phi) is 18.5. The van der Waals surface area contributed by atoms with E-state index in [9.17, 15) is 30.6 Å². The molecule has 283 valence electrons. The topological polar surface area (TPSA) is 257 Å². The predicted octanol–water partition coefficient (Wildman–Crippen LogP) is 8.69. The van der Waals surface area contributed by atoms with Gasteiger partial charge in [0.1, 0.15) is 0 Å². The normalized spacial score (nSPS) is 12.2. The third-order valence-electron chi connectivity index (χ3n) is 6.20. The number of anilines is 4. The number of benzene rings is 4. The van der Waals surface area contributed by atoms with Crippen LogP contribution < -0.4 is 21.3 Å². The van der Waals surface area contributed by atoms with Crippen molar-refractivity contribution in [3.8, 4) is 0 Å². The maximum Gasteiger partial charge on any atom is 2.00 e. The summed E-state index contributed by atoms with van der Waals surface area (Å²) in [6.07, 6.45) is 1.88. The molecule has 0 saturated carbocycles. The zero-order valence-corrected chi connectivity index (χ0v) is 30.4. The summed E-state index contributed by atoms with van der Waals surface area (Å²) in [6, 6.07) is 34.5. The van der Waals surface area contributed by atoms with Crippen molar-refractivity contribution in [1.29, 1.82) is 0 Å². The summed E-state index contributed by atoms with van der Waals surface area (Å²) in [4.78, 5) is 25.0. The van der Waals surface area contributed by atoms with Gasteiger partial charge in [0.25, 0.3) is 11.8 Å². The molecule has 4 aromatic rings. The number of aliphatic hydroxyl groups excluding tert-OH is 4. The van der Waals surface area contributed by atoms with Crippen molar-refractivity contribution in [1.82, 2.24) is 0 Å². The monoisotopic (exact) mass is 787 g/mol. The van der Waals surface area contributed by atoms with Gasteiger partial charge in [-0.3, -0.25) is 9.59 Å². The number of carbonyl (C=O) groups excluding carboxylic acids is 2. The fourth-order valence-corrected chi connectivity index (χ4v) is 3.89. The molecule has 17 heteroatoms. The van der Waals surface area contributed by atoms with Crippen molar-refractivity contribution in [2.75, 3.05) is 21.3 Å². The van der Waals surface area contributed by atoms with Gasteiger partial charge in [-0.2, -0.15) is 0 Å². The molecular weight excluding hydrogens is 751 g/mol. The smallest absolute Gasteiger partial charge is 0.513 e. The third-order valence-corrected chi connectivity index (χ3v) is 6.20. The number of nitrogens with zero attached hydrogens (tertiary/aromatic N) is 6. The van der Waals surface area contributed by atoms with E-state index < -0.39 is 46.6 Å². The van der Waals surface area contributed by atoms with Crippen LogP contribution in [-0.4, -0.2) is 43.9 Å². The molecule has 0 aliphatic rings. The Bertz CT molecular complexity index is 1930. The van der Waals surface area contributed by atoms with Gasteiger partial charge in [0.15, 0.2) is 11.4 Å². The van der Waals surface area contributed by atoms with Crippen LogP contribution in [0, 0.1) is 0 Å². The molecule has 0 heterocycles. The van der Waals surface area contributed by atoms with E-state index in [4.69, 9.17) is 10.2 Å². The van der Waals surface area contributed by atoms with Crippen molar-refractivity contribution in [2.24, 2.45) is 20.5 Å². The molecule has 0 saturated heterocycles. The first-order valence-electron chi connectivity index (χ1n) is 15.8. The number of hydrogen-bond acceptors (Lipinski definition) is 10. The second-order valence-electron chi connectivity index (χ2n) is 10.7. The fraction of sp³-hybridized carbons (Fsp3) is 0.0526. The molecule has 1 radical (unpaired) electrons. The van der Waals surface area contributed by atoms with E-state index in [0.29, 0.717) is 22.7 Å². The van der Waals surface area contributed by atoms with Crippen molar-refractivity contribution < 1.29 is 46.8 Å². The van der Waals surface area contributed by atoms with Gasteiger partial charge in [0, 0.05) is 22.7 Å². The number of amidine groups is 2. The van der Waals surface area contributed by atoms with Gasteiger partial charge in [-0.15, -0.1) is 0 Å². The maximum atomic E-state index is 12.5. The standard InChI is InChI=1S/2C19H18N5O3.Co/c2*1-13(25)12-16(20)23-24-17(18(26)21-14-8-4-2-5-9-14)19(27)22-15-10-6-3-7-11-15;/h2*2-12,21,25-26H,1H3,(H,22,27);/q2*-1;+2/b2*13-12-,18-17-,24-23?;. The number of amides is 2. The number of hydrogen-bond donors (Lipinski definition) is 8. The van der Waals surface area contributed by atoms with Crippen LogP contribution >= 0.6 is 0 Å². The van der Waals surface area contributed by atoms with Crippen molar-refractivity contribution in [3.05, 3.63) is 179 Å². The van der Waals surface area contributed by atoms with Crippen molar-refractivity contribution in [3.63, 3.8) is 0 Å². The number of azo groups is 2. The van der Waals surface area contributed by atoms with Gasteiger partial charge in [-0.05, 0) is 86.2 Å². The second kappa shape index (κ2) is 23.2. The van der Waals surface area contributed by atoms with Gasteiger partial charge in [0.05, 0.1) is 11.5 Å². The molecule has 4 rings (SSSR count). The Balaban J connectivity index is 0.000000373. The Morgan fingerprint density at radius 3 is 0.982 bits per heavy atom. The van der Waals surface area contributed by atoms with E-state index in [1.54, 1.807) is 121 Å². The molecule has 55 heavy (non-hydrogen) atoms. The van der Waals surface area contributed by atoms with Crippen LogP contribution in [0.4, 0.5) is 22.7 Å². The van der Waals surface area contributed by atoms with Crippen LogP contribution in [0.1, 0.15) is 13.8 Å². The number of para-hydroxylation sites is 4. The Hall–Kier alpha value is -7.37. The largest absolute Gasteiger partial charge is 2.00 e. The molecule has 2 amide bonds. The Labute approximate surface area is 326 Å². The molecule has 0 atom stereocenters. The minimum Gasteiger partial charge on any atom is -0.513 e. The molecular formula is C38H36CoN10O6. The second-order valence-corrected chi connectivity index (χ2v) is 10.7. The number of rotatable bonds is 12. The maximum absolute atomic E-state index is 12.5. The van der Waals surface area contributed by atoms with Gasteiger partial charge in [0.2, 0.25) is 11.8 Å². The van der Waals surface area contributed by atoms with Crippen LogP contribution in [0.15, 0.2) is 189 Å². The molecule has 0 bridgehead atoms. The van der Waals surface area contributed by atoms with E-state index in [2.05, 4.69) is 41.7 Å². The quantitative estimate of drug-likeness (QED) is 0.0226. The van der Waals surface area contributed by atoms with Crippen LogP contribution in [0.3, 0.4) is 0 Å². The summed E-state index contributed by atoms with van der Waals surface area (Å²) >= 11 is 0. The van der Waals surface area contributed by atoms with Crippen LogP contribution in [-0.2, 0) is 26.4 Å². The van der Waals surface area contributed by atoms with E-state index in [1.807, 2.05) is 0 Å². The van der Waals surface area contributed by atoms with Gasteiger partial charge in [-0.25, -0.2) is 10.2 Å². The summed E-state index contributed by atoms with van der Waals surface area (Å²) in [6.45, 7) is 2.66. The Morgan fingerprint density at radius 2 is 0.727 bits per heavy atom. The van der Waals surface area contributed by atoms with Gasteiger partial charge in [-0.1, -0.05) is 72.8 Å². The van der Waals surface area contributed by atoms with E-state index in [0.717, 1.165) is 12.2 Å². The molecule has 0 aliphatic heterocycles. The van der Waals surface area contributed by atoms with Crippen molar-refractivity contribution in [2.45, 2.75) is 13.8 Å². The summed E-state index contributed by atoms with van der Waals surface area (Å²) in [5, 5.41) is 82.5. The average molecular weight is 788 g/mol. The van der Waals surface area contributed by atoms with E-state index in [-0.39, 0.29) is 28.3 Å². The molecule has 0 unspecified atom stereocenters. The minimum absolute atomic E-state index is 0. The third kappa shape index (κ3) is 16.7. The first-order valence-corrected chi connectivity index (χ1v) is 15.8. The number of carbonyl (C=O) groups is 2. The number of allylic oxidation sites excluding steroid dienone is 2. The summed E-state index contributed by atoms with van der Waals surface area (Å²) < 4.78 is 0. The molecule has 0 fully saturated rings. The molecule has 0 aromatic heterocycles. The SMILES string of the molecule is C/C(O)=C/C(=[N-])N=N/C(C(=O)Nc1ccccc1)=C(\O)Nc1ccccc1.C/C(O)=C/C(=[N-])N=N/C(C(=O)Nc1ccccc1)=C(\O)Nc1ccccc1.[Co+2]. The summed E-state index contributed by atoms with van der Waals surface area (Å²) in [7, 11) is 0. The number of nitrogens with one attached hydrogen (secondary N) is 4. The van der Waals surface area contributed by atoms with Gasteiger partial charge >= 0.3 is 16.8 Å². The molecule has 0 aliphatic carbocycles. The molecule has 4 aromatic carbocycles. The molecule has 0 spiro atoms. The van der Waals surface area contributed by atoms with E-state index in [1.165, 1.54) is 13.8 Å². The zero-order valence-electron chi connectivity index (χ0n) is 29.3. The minimum atomic E-state index is -0.747. The molecule has 16 nitrogen and oxygen atoms in total. The van der Waals surface area contributed by atoms with Crippen LogP contribution in [0.5, 0.6) is 0 Å². The fourth-order valence-electron chi connectivity index (χ4n) is 3.89. The van der Waals surface area contributed by atoms with Crippen LogP contribution in [0.25, 0.3) is 10.8 Å². The Morgan fingerprint density at radius 1 is 0.473 bits per heavy atom. The predicted molar refractivity (Wildman–Crippen MR) is 209 cm³/mol. The summed E-state index contributed by atoms with van der Waals surface area (Å²) in [5.41, 5.74) is 1.10. The van der Waals surface area contributed by atoms with Crippen LogP contribution in [0.2, 0.25) is 0 Å². The number of aliphatic hydroxyl groups is 4. The summed E-state index contributed by atoms with van der Waals surface area (Å²) in [5.74, 6) is -4.27. The van der Waals surface area contributed by atoms with E-state index >= 15 is 0 Å². The first-order chi connectivity index (χ1) is 25.9. The first kappa shape index (κ1) is 43.8. The average Bonchev–Trinajstić information content (AvgIpc) is 3.13.